The van der Waals surface area contributed by atoms with Crippen LogP contribution >= 0.6 is 0 Å². The molecular formula is C19H22F3N3O2. The molecule has 3 rings (SSSR count). The lowest BCUT2D eigenvalue weighted by Gasteiger charge is -2.37. The van der Waals surface area contributed by atoms with Gasteiger partial charge < -0.3 is 14.5 Å². The molecule has 1 fully saturated rings. The maximum atomic E-state index is 12.9. The van der Waals surface area contributed by atoms with Crippen LogP contribution in [0.4, 0.5) is 23.7 Å². The van der Waals surface area contributed by atoms with Crippen LogP contribution in [0.3, 0.4) is 0 Å². The van der Waals surface area contributed by atoms with Crippen LogP contribution in [-0.2, 0) is 10.9 Å². The molecule has 27 heavy (non-hydrogen) atoms. The van der Waals surface area contributed by atoms with Crippen LogP contribution in [0.1, 0.15) is 26.5 Å². The number of amides is 1. The fourth-order valence-corrected chi connectivity index (χ4v) is 3.03. The molecule has 2 heterocycles. The lowest BCUT2D eigenvalue weighted by molar-refractivity contribution is -0.140. The molecule has 1 aliphatic rings. The zero-order valence-corrected chi connectivity index (χ0v) is 15.5. The molecule has 0 N–H and O–H groups in total. The number of hydrogen-bond acceptors (Lipinski definition) is 4. The van der Waals surface area contributed by atoms with Crippen molar-refractivity contribution < 1.29 is 22.7 Å². The number of pyridine rings is 1. The van der Waals surface area contributed by atoms with Crippen LogP contribution in [0.15, 0.2) is 30.3 Å². The van der Waals surface area contributed by atoms with Crippen molar-refractivity contribution in [2.24, 2.45) is 0 Å². The molecule has 0 radical (unpaired) electrons. The molecule has 0 spiro atoms. The number of ether oxygens (including phenoxy) is 1. The Morgan fingerprint density at radius 1 is 1.04 bits per heavy atom. The third-order valence-corrected chi connectivity index (χ3v) is 4.27. The number of carbonyl (C=O) groups excluding carboxylic acids is 1. The predicted octanol–water partition coefficient (Wildman–Crippen LogP) is 4.31. The number of aromatic nitrogens is 1. The molecule has 1 aromatic heterocycles. The van der Waals surface area contributed by atoms with Crippen molar-refractivity contribution in [2.75, 3.05) is 31.1 Å². The Morgan fingerprint density at radius 3 is 2.30 bits per heavy atom. The first kappa shape index (κ1) is 19.3. The van der Waals surface area contributed by atoms with Gasteiger partial charge in [0.15, 0.2) is 0 Å². The molecule has 0 aliphatic carbocycles. The lowest BCUT2D eigenvalue weighted by Crippen LogP contribution is -2.50. The smallest absolute Gasteiger partial charge is 0.433 e. The fraction of sp³-hybridized carbons (Fsp3) is 0.474. The van der Waals surface area contributed by atoms with E-state index >= 15 is 0 Å². The zero-order valence-electron chi connectivity index (χ0n) is 15.5. The molecule has 146 valence electrons. The van der Waals surface area contributed by atoms with E-state index in [0.29, 0.717) is 37.1 Å². The molecule has 0 atom stereocenters. The Kier molecular flexibility index (Phi) is 4.92. The van der Waals surface area contributed by atoms with Gasteiger partial charge in [-0.2, -0.15) is 13.2 Å². The van der Waals surface area contributed by atoms with Gasteiger partial charge >= 0.3 is 12.3 Å². The molecule has 5 nitrogen and oxygen atoms in total. The van der Waals surface area contributed by atoms with Crippen LogP contribution in [0.5, 0.6) is 0 Å². The van der Waals surface area contributed by atoms with Gasteiger partial charge in [-0.25, -0.2) is 9.78 Å². The van der Waals surface area contributed by atoms with Gasteiger partial charge in [0, 0.05) is 37.3 Å². The molecule has 1 aliphatic heterocycles. The van der Waals surface area contributed by atoms with Gasteiger partial charge in [-0.1, -0.05) is 6.07 Å². The summed E-state index contributed by atoms with van der Waals surface area (Å²) >= 11 is 0. The van der Waals surface area contributed by atoms with Crippen molar-refractivity contribution in [1.29, 1.82) is 0 Å². The number of nitrogens with zero attached hydrogens (tertiary/aromatic N) is 3. The summed E-state index contributed by atoms with van der Waals surface area (Å²) in [6.07, 6.45) is -4.82. The van der Waals surface area contributed by atoms with E-state index in [1.165, 1.54) is 6.07 Å². The first-order valence-corrected chi connectivity index (χ1v) is 8.74. The second-order valence-corrected chi connectivity index (χ2v) is 7.49. The number of piperazine rings is 1. The summed E-state index contributed by atoms with van der Waals surface area (Å²) in [6.45, 7) is 7.57. The highest BCUT2D eigenvalue weighted by atomic mass is 19.4. The molecule has 1 saturated heterocycles. The number of rotatable bonds is 1. The minimum atomic E-state index is -4.47. The summed E-state index contributed by atoms with van der Waals surface area (Å²) in [6, 6.07) is 7.60. The maximum Gasteiger partial charge on any atom is 0.433 e. The number of alkyl halides is 3. The van der Waals surface area contributed by atoms with E-state index < -0.39 is 17.5 Å². The zero-order chi connectivity index (χ0) is 19.8. The van der Waals surface area contributed by atoms with E-state index in [2.05, 4.69) is 9.88 Å². The van der Waals surface area contributed by atoms with E-state index in [1.807, 2.05) is 26.8 Å². The Bertz CT molecular complexity index is 838. The fourth-order valence-electron chi connectivity index (χ4n) is 3.03. The highest BCUT2D eigenvalue weighted by Crippen LogP contribution is 2.32. The molecule has 1 amide bonds. The molecular weight excluding hydrogens is 359 g/mol. The normalized spacial score (nSPS) is 15.9. The summed E-state index contributed by atoms with van der Waals surface area (Å²) in [5.74, 6) is 0. The quantitative estimate of drug-likeness (QED) is 0.738. The van der Waals surface area contributed by atoms with E-state index in [4.69, 9.17) is 4.74 Å². The Hall–Kier alpha value is -2.51. The second-order valence-electron chi connectivity index (χ2n) is 7.49. The second kappa shape index (κ2) is 6.90. The van der Waals surface area contributed by atoms with Crippen LogP contribution in [-0.4, -0.2) is 47.8 Å². The Balaban J connectivity index is 1.76. The van der Waals surface area contributed by atoms with Crippen molar-refractivity contribution in [2.45, 2.75) is 32.5 Å². The first-order chi connectivity index (χ1) is 12.5. The number of halogens is 3. The highest BCUT2D eigenvalue weighted by molar-refractivity contribution is 5.92. The number of fused-ring (bicyclic) bond motifs is 1. The molecule has 8 heteroatoms. The molecule has 2 aromatic rings. The van der Waals surface area contributed by atoms with E-state index in [-0.39, 0.29) is 6.09 Å². The van der Waals surface area contributed by atoms with Crippen LogP contribution < -0.4 is 4.90 Å². The molecule has 0 unspecified atom stereocenters. The van der Waals surface area contributed by atoms with E-state index in [0.717, 1.165) is 11.8 Å². The van der Waals surface area contributed by atoms with E-state index in [9.17, 15) is 18.0 Å². The molecule has 0 bridgehead atoms. The summed E-state index contributed by atoms with van der Waals surface area (Å²) < 4.78 is 44.0. The summed E-state index contributed by atoms with van der Waals surface area (Å²) in [5.41, 5.74) is -0.331. The molecule has 1 aromatic carbocycles. The van der Waals surface area contributed by atoms with Crippen molar-refractivity contribution in [3.63, 3.8) is 0 Å². The van der Waals surface area contributed by atoms with Gasteiger partial charge in [0.05, 0.1) is 5.52 Å². The SMILES string of the molecule is CC(C)(C)OC(=O)N1CCN(c2cccc3nc(C(F)(F)F)ccc23)CC1. The van der Waals surface area contributed by atoms with Crippen LogP contribution in [0.25, 0.3) is 10.9 Å². The third-order valence-electron chi connectivity index (χ3n) is 4.27. The highest BCUT2D eigenvalue weighted by Gasteiger charge is 2.33. The van der Waals surface area contributed by atoms with Gasteiger partial charge in [-0.3, -0.25) is 0 Å². The van der Waals surface area contributed by atoms with Gasteiger partial charge in [0.2, 0.25) is 0 Å². The third kappa shape index (κ3) is 4.43. The predicted molar refractivity (Wildman–Crippen MR) is 96.8 cm³/mol. The van der Waals surface area contributed by atoms with Gasteiger partial charge in [-0.15, -0.1) is 0 Å². The maximum absolute atomic E-state index is 12.9. The summed E-state index contributed by atoms with van der Waals surface area (Å²) in [5, 5.41) is 0.663. The van der Waals surface area contributed by atoms with Crippen molar-refractivity contribution in [3.8, 4) is 0 Å². The Labute approximate surface area is 155 Å². The summed E-state index contributed by atoms with van der Waals surface area (Å²) in [4.78, 5) is 19.6. The average molecular weight is 381 g/mol. The van der Waals surface area contributed by atoms with Gasteiger partial charge in [-0.05, 0) is 45.0 Å². The average Bonchev–Trinajstić information content (AvgIpc) is 2.58. The number of benzene rings is 1. The van der Waals surface area contributed by atoms with E-state index in [1.54, 1.807) is 17.0 Å². The molecule has 0 saturated carbocycles. The minimum absolute atomic E-state index is 0.303. The number of carbonyl (C=O) groups is 1. The first-order valence-electron chi connectivity index (χ1n) is 8.74. The number of hydrogen-bond donors (Lipinski definition) is 0. The number of anilines is 1. The minimum Gasteiger partial charge on any atom is -0.444 e. The topological polar surface area (TPSA) is 45.7 Å². The van der Waals surface area contributed by atoms with Gasteiger partial charge in [0.25, 0.3) is 0 Å². The van der Waals surface area contributed by atoms with Crippen LogP contribution in [0.2, 0.25) is 0 Å². The Morgan fingerprint density at radius 2 is 1.70 bits per heavy atom. The van der Waals surface area contributed by atoms with Crippen LogP contribution in [0, 0.1) is 0 Å². The summed E-state index contributed by atoms with van der Waals surface area (Å²) in [7, 11) is 0. The van der Waals surface area contributed by atoms with Crippen molar-refractivity contribution in [1.82, 2.24) is 9.88 Å². The standard InChI is InChI=1S/C19H22F3N3O2/c1-18(2,3)27-17(26)25-11-9-24(10-12-25)15-6-4-5-14-13(15)7-8-16(23-14)19(20,21)22/h4-8H,9-12H2,1-3H3. The van der Waals surface area contributed by atoms with Gasteiger partial charge in [0.1, 0.15) is 11.3 Å². The lowest BCUT2D eigenvalue weighted by atomic mass is 10.1. The monoisotopic (exact) mass is 381 g/mol. The van der Waals surface area contributed by atoms with Crippen molar-refractivity contribution >= 4 is 22.7 Å². The largest absolute Gasteiger partial charge is 0.444 e. The van der Waals surface area contributed by atoms with Crippen molar-refractivity contribution in [3.05, 3.63) is 36.0 Å².